The summed E-state index contributed by atoms with van der Waals surface area (Å²) in [5, 5.41) is 23.1. The van der Waals surface area contributed by atoms with Crippen LogP contribution >= 0.6 is 0 Å². The molecule has 17 nitrogen and oxygen atoms in total. The number of methoxy groups -OCH3 is 1. The topological polar surface area (TPSA) is 235 Å². The summed E-state index contributed by atoms with van der Waals surface area (Å²) < 4.78 is 23.4. The van der Waals surface area contributed by atoms with Crippen LogP contribution in [0, 0.1) is 5.92 Å². The van der Waals surface area contributed by atoms with Gasteiger partial charge in [-0.1, -0.05) is 44.2 Å². The third kappa shape index (κ3) is 12.5. The van der Waals surface area contributed by atoms with E-state index >= 15 is 0 Å². The normalized spacial score (nSPS) is 12.9. The van der Waals surface area contributed by atoms with Crippen LogP contribution in [0.25, 0.3) is 22.7 Å². The van der Waals surface area contributed by atoms with E-state index in [9.17, 15) is 24.3 Å². The lowest BCUT2D eigenvalue weighted by molar-refractivity contribution is -0.135. The first-order valence-electron chi connectivity index (χ1n) is 18.5. The molecule has 0 saturated heterocycles. The van der Waals surface area contributed by atoms with Crippen LogP contribution in [-0.4, -0.2) is 101 Å². The summed E-state index contributed by atoms with van der Waals surface area (Å²) >= 11 is 0. The molecule has 0 bridgehead atoms. The molecule has 2 aromatic carbocycles. The number of hydrogen-bond acceptors (Lipinski definition) is 13. The zero-order chi connectivity index (χ0) is 40.7. The van der Waals surface area contributed by atoms with Gasteiger partial charge in [0.2, 0.25) is 11.8 Å². The highest BCUT2D eigenvalue weighted by Crippen LogP contribution is 2.25. The molecule has 0 aliphatic carbocycles. The van der Waals surface area contributed by atoms with Crippen LogP contribution in [-0.2, 0) is 32.0 Å². The van der Waals surface area contributed by atoms with Crippen molar-refractivity contribution in [2.24, 2.45) is 11.7 Å². The second-order valence-electron chi connectivity index (χ2n) is 13.5. The van der Waals surface area contributed by atoms with Gasteiger partial charge in [-0.3, -0.25) is 19.2 Å². The zero-order valence-electron chi connectivity index (χ0n) is 32.1. The predicted molar refractivity (Wildman–Crippen MR) is 210 cm³/mol. The number of benzene rings is 2. The van der Waals surface area contributed by atoms with Crippen LogP contribution in [0.1, 0.15) is 36.3 Å². The summed E-state index contributed by atoms with van der Waals surface area (Å²) in [5.41, 5.74) is 8.63. The quantitative estimate of drug-likeness (QED) is 0.0673. The summed E-state index contributed by atoms with van der Waals surface area (Å²) in [6.45, 7) is 5.05. The largest absolute Gasteiger partial charge is 0.495 e. The minimum atomic E-state index is -1.48. The average Bonchev–Trinajstić information content (AvgIpc) is 3.64. The highest BCUT2D eigenvalue weighted by molar-refractivity contribution is 6.03. The predicted octanol–water partition coefficient (Wildman–Crippen LogP) is 2.32. The number of pyridine rings is 1. The van der Waals surface area contributed by atoms with Gasteiger partial charge in [0.1, 0.15) is 34.8 Å². The zero-order valence-corrected chi connectivity index (χ0v) is 32.1. The Kier molecular flexibility index (Phi) is 15.4. The maximum atomic E-state index is 12.9. The van der Waals surface area contributed by atoms with Gasteiger partial charge in [0.05, 0.1) is 46.3 Å². The van der Waals surface area contributed by atoms with Crippen LogP contribution in [0.4, 0.5) is 5.69 Å². The highest BCUT2D eigenvalue weighted by Gasteiger charge is 2.28. The first kappa shape index (κ1) is 42.1. The first-order chi connectivity index (χ1) is 27.5. The van der Waals surface area contributed by atoms with Crippen LogP contribution in [0.5, 0.6) is 5.75 Å². The van der Waals surface area contributed by atoms with E-state index in [2.05, 4.69) is 31.0 Å². The van der Waals surface area contributed by atoms with E-state index < -0.39 is 35.9 Å². The molecule has 0 unspecified atom stereocenters. The molecule has 302 valence electrons. The van der Waals surface area contributed by atoms with Gasteiger partial charge < -0.3 is 45.4 Å². The molecule has 6 N–H and O–H groups in total. The van der Waals surface area contributed by atoms with E-state index in [1.54, 1.807) is 30.3 Å². The monoisotopic (exact) mass is 784 g/mol. The molecule has 0 aliphatic rings. The maximum absolute atomic E-state index is 12.9. The van der Waals surface area contributed by atoms with E-state index in [1.165, 1.54) is 30.1 Å². The molecule has 3 heterocycles. The highest BCUT2D eigenvalue weighted by atomic mass is 16.5. The summed E-state index contributed by atoms with van der Waals surface area (Å²) in [7, 11) is 1.52. The third-order valence-electron chi connectivity index (χ3n) is 8.63. The molecule has 3 amide bonds. The number of aromatic nitrogens is 4. The Bertz CT molecular complexity index is 2140. The number of aliphatic hydroxyl groups excluding tert-OH is 1. The van der Waals surface area contributed by atoms with Gasteiger partial charge in [-0.15, -0.1) is 0 Å². The molecule has 5 aromatic rings. The number of carbonyl (C=O) groups excluding carboxylic acids is 3. The molecular weight excluding hydrogens is 736 g/mol. The number of nitrogens with zero attached hydrogens (tertiary/aromatic N) is 4. The van der Waals surface area contributed by atoms with Crippen LogP contribution in [0.15, 0.2) is 88.2 Å². The van der Waals surface area contributed by atoms with Crippen molar-refractivity contribution in [3.05, 3.63) is 101 Å². The molecule has 0 aliphatic heterocycles. The van der Waals surface area contributed by atoms with Gasteiger partial charge >= 0.3 is 0 Å². The minimum absolute atomic E-state index is 0.0980. The van der Waals surface area contributed by atoms with Gasteiger partial charge in [-0.05, 0) is 60.7 Å². The van der Waals surface area contributed by atoms with Crippen LogP contribution < -0.4 is 32.0 Å². The second kappa shape index (κ2) is 20.8. The van der Waals surface area contributed by atoms with E-state index in [0.29, 0.717) is 41.1 Å². The standard InChI is InChI=1S/C40H48N8O9/c1-25(2)21-33(45-39(53)36(50)29(41)22-26-7-5-4-6-8-26)37(51)42-15-17-55-19-20-56-18-16-48-35(49)14-12-31(47-48)40-46-32-23-27(9-13-34(32)57-40)44-38(52)30-11-10-28(54-3)24-43-30/h4-14,23-25,29,33,36,50H,15-22,41H2,1-3H3,(H,42,51)(H,44,52)(H,45,53)/t29-,33+,36+/m1/s1. The van der Waals surface area contributed by atoms with Crippen molar-refractivity contribution in [3.8, 4) is 17.3 Å². The number of carbonyl (C=O) groups is 3. The minimum Gasteiger partial charge on any atom is -0.495 e. The number of oxazole rings is 1. The van der Waals surface area contributed by atoms with E-state index in [1.807, 2.05) is 44.2 Å². The van der Waals surface area contributed by atoms with Gasteiger partial charge in [-0.2, -0.15) is 5.10 Å². The number of nitrogens with two attached hydrogens (primary N) is 1. The second-order valence-corrected chi connectivity index (χ2v) is 13.5. The molecule has 5 rings (SSSR count). The number of hydrogen-bond donors (Lipinski definition) is 5. The molecule has 17 heteroatoms. The SMILES string of the molecule is COc1ccc(C(=O)Nc2ccc3oc(-c4ccc(=O)n(CCOCCOCCNC(=O)[C@H](CC(C)C)NC(=O)[C@@H](O)[C@H](N)Cc5ccccc5)n4)nc3c2)nc1. The number of ether oxygens (including phenoxy) is 3. The first-order valence-corrected chi connectivity index (χ1v) is 18.5. The van der Waals surface area contributed by atoms with Gasteiger partial charge in [0.15, 0.2) is 5.58 Å². The van der Waals surface area contributed by atoms with Crippen LogP contribution in [0.2, 0.25) is 0 Å². The number of nitrogens with one attached hydrogen (secondary N) is 3. The average molecular weight is 785 g/mol. The molecule has 3 atom stereocenters. The molecular formula is C40H48N8O9. The number of amides is 3. The lowest BCUT2D eigenvalue weighted by Gasteiger charge is -2.24. The van der Waals surface area contributed by atoms with Crippen molar-refractivity contribution in [3.63, 3.8) is 0 Å². The van der Waals surface area contributed by atoms with Crippen molar-refractivity contribution >= 4 is 34.5 Å². The van der Waals surface area contributed by atoms with Crippen LogP contribution in [0.3, 0.4) is 0 Å². The third-order valence-corrected chi connectivity index (χ3v) is 8.63. The van der Waals surface area contributed by atoms with Crippen molar-refractivity contribution < 1.29 is 38.1 Å². The summed E-state index contributed by atoms with van der Waals surface area (Å²) in [4.78, 5) is 59.4. The number of anilines is 1. The van der Waals surface area contributed by atoms with Gasteiger partial charge in [-0.25, -0.2) is 14.6 Å². The molecule has 0 saturated carbocycles. The van der Waals surface area contributed by atoms with Gasteiger partial charge in [0, 0.05) is 24.3 Å². The lowest BCUT2D eigenvalue weighted by Crippen LogP contribution is -2.54. The summed E-state index contributed by atoms with van der Waals surface area (Å²) in [6.07, 6.45) is 0.651. The van der Waals surface area contributed by atoms with Gasteiger partial charge in [0.25, 0.3) is 17.4 Å². The maximum Gasteiger partial charge on any atom is 0.274 e. The Morgan fingerprint density at radius 1 is 0.947 bits per heavy atom. The molecule has 57 heavy (non-hydrogen) atoms. The fourth-order valence-electron chi connectivity index (χ4n) is 5.66. The summed E-state index contributed by atoms with van der Waals surface area (Å²) in [5.74, 6) is -0.670. The van der Waals surface area contributed by atoms with Crippen molar-refractivity contribution in [1.82, 2.24) is 30.4 Å². The van der Waals surface area contributed by atoms with E-state index in [0.717, 1.165) is 5.56 Å². The molecule has 0 fully saturated rings. The van der Waals surface area contributed by atoms with Crippen molar-refractivity contribution in [2.45, 2.75) is 51.4 Å². The van der Waals surface area contributed by atoms with E-state index in [-0.39, 0.29) is 62.6 Å². The lowest BCUT2D eigenvalue weighted by atomic mass is 10.00. The Balaban J connectivity index is 1.01. The summed E-state index contributed by atoms with van der Waals surface area (Å²) in [6, 6.07) is 18.7. The number of rotatable bonds is 21. The fourth-order valence-corrected chi connectivity index (χ4v) is 5.66. The Morgan fingerprint density at radius 2 is 1.72 bits per heavy atom. The smallest absolute Gasteiger partial charge is 0.274 e. The molecule has 0 spiro atoms. The Hall–Kier alpha value is -6.01. The molecule has 3 aromatic heterocycles. The van der Waals surface area contributed by atoms with Crippen molar-refractivity contribution in [2.75, 3.05) is 45.4 Å². The Labute approximate surface area is 328 Å². The molecule has 0 radical (unpaired) electrons. The van der Waals surface area contributed by atoms with Crippen molar-refractivity contribution in [1.29, 1.82) is 0 Å². The fraction of sp³-hybridized carbons (Fsp3) is 0.375. The number of fused-ring (bicyclic) bond motifs is 1. The van der Waals surface area contributed by atoms with E-state index in [4.69, 9.17) is 24.4 Å². The Morgan fingerprint density at radius 3 is 2.44 bits per heavy atom. The number of aliphatic hydroxyl groups is 1.